The number of hydrogen-bond acceptors (Lipinski definition) is 8. The number of amides is 5. The van der Waals surface area contributed by atoms with Gasteiger partial charge in [0.25, 0.3) is 11.8 Å². The molecular weight excluding hydrogens is 735 g/mol. The second-order valence-electron chi connectivity index (χ2n) is 13.8. The van der Waals surface area contributed by atoms with E-state index < -0.39 is 52.7 Å². The van der Waals surface area contributed by atoms with Crippen molar-refractivity contribution in [2.24, 2.45) is 0 Å². The SMILES string of the molecule is CC(C)(C)OC(=O)Nc1ccc(NC(=O)c2ccccc2C(F)(F)F)cc1.CCOC(=O)Nc1cccc(C(=O)Nc2ccc(NC(=O)OC(C)(C)C)cc2)c1. The quantitative estimate of drug-likeness (QED) is 0.110. The molecule has 0 aliphatic heterocycles. The molecule has 0 bridgehead atoms. The minimum atomic E-state index is -4.63. The Morgan fingerprint density at radius 3 is 1.39 bits per heavy atom. The lowest BCUT2D eigenvalue weighted by molar-refractivity contribution is -0.137. The maximum atomic E-state index is 13.0. The van der Waals surface area contributed by atoms with Crippen LogP contribution in [0.2, 0.25) is 0 Å². The van der Waals surface area contributed by atoms with Gasteiger partial charge in [-0.2, -0.15) is 13.2 Å². The molecule has 56 heavy (non-hydrogen) atoms. The van der Waals surface area contributed by atoms with E-state index in [1.165, 1.54) is 36.4 Å². The zero-order valence-electron chi connectivity index (χ0n) is 31.8. The van der Waals surface area contributed by atoms with Crippen molar-refractivity contribution in [1.82, 2.24) is 0 Å². The Bertz CT molecular complexity index is 1990. The Morgan fingerprint density at radius 2 is 0.946 bits per heavy atom. The van der Waals surface area contributed by atoms with Crippen LogP contribution in [0.1, 0.15) is 74.7 Å². The van der Waals surface area contributed by atoms with Gasteiger partial charge >= 0.3 is 24.5 Å². The van der Waals surface area contributed by atoms with E-state index in [9.17, 15) is 37.1 Å². The molecule has 0 atom stereocenters. The van der Waals surface area contributed by atoms with Crippen molar-refractivity contribution < 1.29 is 51.4 Å². The summed E-state index contributed by atoms with van der Waals surface area (Å²) in [6.07, 6.45) is -6.41. The van der Waals surface area contributed by atoms with Gasteiger partial charge in [-0.3, -0.25) is 25.5 Å². The minimum Gasteiger partial charge on any atom is -0.450 e. The lowest BCUT2D eigenvalue weighted by Gasteiger charge is -2.19. The van der Waals surface area contributed by atoms with Crippen LogP contribution in [0.15, 0.2) is 97.1 Å². The highest BCUT2D eigenvalue weighted by Gasteiger charge is 2.34. The number of ether oxygens (including phenoxy) is 3. The molecule has 16 heteroatoms. The molecule has 0 spiro atoms. The van der Waals surface area contributed by atoms with Crippen molar-refractivity contribution >= 4 is 58.5 Å². The molecular formula is C40H44F3N5O8. The Labute approximate surface area is 322 Å². The molecule has 0 radical (unpaired) electrons. The number of hydrogen-bond donors (Lipinski definition) is 5. The monoisotopic (exact) mass is 779 g/mol. The topological polar surface area (TPSA) is 173 Å². The predicted octanol–water partition coefficient (Wildman–Crippen LogP) is 10.2. The van der Waals surface area contributed by atoms with Crippen LogP contribution in [-0.4, -0.2) is 47.9 Å². The number of nitrogens with one attached hydrogen (secondary N) is 5. The van der Waals surface area contributed by atoms with Gasteiger partial charge in [0.05, 0.1) is 17.7 Å². The number of benzene rings is 4. The van der Waals surface area contributed by atoms with Crippen LogP contribution in [0.5, 0.6) is 0 Å². The van der Waals surface area contributed by atoms with E-state index in [-0.39, 0.29) is 18.2 Å². The summed E-state index contributed by atoms with van der Waals surface area (Å²) >= 11 is 0. The third kappa shape index (κ3) is 15.4. The molecule has 0 heterocycles. The molecule has 0 saturated carbocycles. The molecule has 0 fully saturated rings. The molecule has 0 saturated heterocycles. The first kappa shape index (κ1) is 43.8. The fourth-order valence-corrected chi connectivity index (χ4v) is 4.47. The predicted molar refractivity (Wildman–Crippen MR) is 207 cm³/mol. The molecule has 5 amide bonds. The third-order valence-electron chi connectivity index (χ3n) is 6.70. The third-order valence-corrected chi connectivity index (χ3v) is 6.70. The fraction of sp³-hybridized carbons (Fsp3) is 0.275. The van der Waals surface area contributed by atoms with Gasteiger partial charge in [0.2, 0.25) is 0 Å². The Morgan fingerprint density at radius 1 is 0.518 bits per heavy atom. The van der Waals surface area contributed by atoms with E-state index in [1.54, 1.807) is 97.0 Å². The number of halogens is 3. The van der Waals surface area contributed by atoms with Gasteiger partial charge in [-0.15, -0.1) is 0 Å². The lowest BCUT2D eigenvalue weighted by Crippen LogP contribution is -2.27. The summed E-state index contributed by atoms with van der Waals surface area (Å²) in [6, 6.07) is 23.6. The first-order valence-corrected chi connectivity index (χ1v) is 17.1. The van der Waals surface area contributed by atoms with Gasteiger partial charge < -0.3 is 24.8 Å². The second kappa shape index (κ2) is 19.1. The van der Waals surface area contributed by atoms with E-state index in [0.717, 1.165) is 12.1 Å². The van der Waals surface area contributed by atoms with Crippen molar-refractivity contribution in [3.63, 3.8) is 0 Å². The molecule has 4 aromatic rings. The molecule has 4 rings (SSSR count). The zero-order valence-corrected chi connectivity index (χ0v) is 31.8. The number of rotatable bonds is 8. The Hall–Kier alpha value is -6.58. The van der Waals surface area contributed by atoms with E-state index in [0.29, 0.717) is 28.3 Å². The number of anilines is 5. The van der Waals surface area contributed by atoms with Crippen LogP contribution in [0.3, 0.4) is 0 Å². The lowest BCUT2D eigenvalue weighted by atomic mass is 10.1. The van der Waals surface area contributed by atoms with Gasteiger partial charge in [0.15, 0.2) is 0 Å². The molecule has 0 aromatic heterocycles. The van der Waals surface area contributed by atoms with Crippen LogP contribution >= 0.6 is 0 Å². The maximum Gasteiger partial charge on any atom is 0.417 e. The highest BCUT2D eigenvalue weighted by atomic mass is 19.4. The van der Waals surface area contributed by atoms with Gasteiger partial charge in [0.1, 0.15) is 11.2 Å². The van der Waals surface area contributed by atoms with Crippen molar-refractivity contribution in [2.45, 2.75) is 65.8 Å². The standard InChI is InChI=1S/C21H25N3O5.C19H19F3N2O3/c1-5-28-19(26)24-17-8-6-7-14(13-17)18(25)22-15-9-11-16(12-10-15)23-20(27)29-21(2,3)4;1-18(2,3)27-17(26)24-13-10-8-12(9-11-13)23-16(25)14-6-4-5-7-15(14)19(20,21)22/h6-13H,5H2,1-4H3,(H,22,25)(H,23,27)(H,24,26);4-11H,1-3H3,(H,23,25)(H,24,26). The summed E-state index contributed by atoms with van der Waals surface area (Å²) in [5.74, 6) is -1.22. The highest BCUT2D eigenvalue weighted by molar-refractivity contribution is 6.06. The number of alkyl halides is 3. The van der Waals surface area contributed by atoms with Gasteiger partial charge in [-0.1, -0.05) is 18.2 Å². The summed E-state index contributed by atoms with van der Waals surface area (Å²) in [5, 5.41) is 12.9. The molecule has 0 aliphatic carbocycles. The highest BCUT2D eigenvalue weighted by Crippen LogP contribution is 2.32. The van der Waals surface area contributed by atoms with E-state index in [1.807, 2.05) is 0 Å². The normalized spacial score (nSPS) is 11.1. The number of carbonyl (C=O) groups is 5. The summed E-state index contributed by atoms with van der Waals surface area (Å²) in [7, 11) is 0. The van der Waals surface area contributed by atoms with Crippen molar-refractivity contribution in [1.29, 1.82) is 0 Å². The molecule has 5 N–H and O–H groups in total. The van der Waals surface area contributed by atoms with Crippen molar-refractivity contribution in [3.05, 3.63) is 114 Å². The zero-order chi connectivity index (χ0) is 41.7. The first-order chi connectivity index (χ1) is 26.1. The summed E-state index contributed by atoms with van der Waals surface area (Å²) in [5.41, 5.74) is -0.107. The fourth-order valence-electron chi connectivity index (χ4n) is 4.47. The van der Waals surface area contributed by atoms with E-state index in [2.05, 4.69) is 26.6 Å². The molecule has 0 unspecified atom stereocenters. The van der Waals surface area contributed by atoms with E-state index >= 15 is 0 Å². The molecule has 4 aromatic carbocycles. The van der Waals surface area contributed by atoms with Crippen LogP contribution in [0.25, 0.3) is 0 Å². The molecule has 298 valence electrons. The van der Waals surface area contributed by atoms with Crippen molar-refractivity contribution in [2.75, 3.05) is 33.2 Å². The largest absolute Gasteiger partial charge is 0.450 e. The summed E-state index contributed by atoms with van der Waals surface area (Å²) in [4.78, 5) is 59.6. The van der Waals surface area contributed by atoms with Crippen LogP contribution in [0, 0.1) is 0 Å². The van der Waals surface area contributed by atoms with Gasteiger partial charge in [-0.05, 0) is 127 Å². The van der Waals surface area contributed by atoms with Crippen LogP contribution in [0.4, 0.5) is 56.0 Å². The molecule has 0 aliphatic rings. The Kier molecular flexibility index (Phi) is 15.0. The maximum absolute atomic E-state index is 13.0. The smallest absolute Gasteiger partial charge is 0.417 e. The Balaban J connectivity index is 0.000000301. The summed E-state index contributed by atoms with van der Waals surface area (Å²) in [6.45, 7) is 12.5. The summed E-state index contributed by atoms with van der Waals surface area (Å²) < 4.78 is 54.1. The average Bonchev–Trinajstić information content (AvgIpc) is 3.08. The van der Waals surface area contributed by atoms with Gasteiger partial charge in [0, 0.05) is 34.0 Å². The number of carbonyl (C=O) groups excluding carboxylic acids is 5. The van der Waals surface area contributed by atoms with Crippen molar-refractivity contribution in [3.8, 4) is 0 Å². The molecule has 13 nitrogen and oxygen atoms in total. The minimum absolute atomic E-state index is 0.255. The second-order valence-corrected chi connectivity index (χ2v) is 13.8. The first-order valence-electron chi connectivity index (χ1n) is 17.1. The van der Waals surface area contributed by atoms with Crippen LogP contribution < -0.4 is 26.6 Å². The van der Waals surface area contributed by atoms with Crippen LogP contribution in [-0.2, 0) is 20.4 Å². The van der Waals surface area contributed by atoms with E-state index in [4.69, 9.17) is 14.2 Å². The average molecular weight is 780 g/mol. The van der Waals surface area contributed by atoms with Gasteiger partial charge in [-0.25, -0.2) is 14.4 Å².